The van der Waals surface area contributed by atoms with Crippen LogP contribution in [0.1, 0.15) is 25.3 Å². The van der Waals surface area contributed by atoms with Crippen molar-refractivity contribution in [2.75, 3.05) is 19.0 Å². The van der Waals surface area contributed by atoms with E-state index in [-0.39, 0.29) is 5.91 Å². The fourth-order valence-electron chi connectivity index (χ4n) is 2.96. The highest BCUT2D eigenvalue weighted by atomic mass is 35.5. The zero-order valence-electron chi connectivity index (χ0n) is 16.8. The molecule has 30 heavy (non-hydrogen) atoms. The van der Waals surface area contributed by atoms with E-state index in [4.69, 9.17) is 27.9 Å². The van der Waals surface area contributed by atoms with Crippen molar-refractivity contribution in [1.29, 1.82) is 0 Å². The van der Waals surface area contributed by atoms with Crippen LogP contribution in [0.25, 0.3) is 10.2 Å². The summed E-state index contributed by atoms with van der Waals surface area (Å²) in [5.41, 5.74) is 2.10. The summed E-state index contributed by atoms with van der Waals surface area (Å²) in [5, 5.41) is 1.20. The Hall–Kier alpha value is -1.31. The molecular weight excluding hydrogens is 459 g/mol. The summed E-state index contributed by atoms with van der Waals surface area (Å²) in [6.07, 6.45) is 1.22. The number of nitrogens with zero attached hydrogens (tertiary/aromatic N) is 2. The Kier molecular flexibility index (Phi) is 9.27. The fraction of sp³-hybridized carbons (Fsp3) is 0.364. The van der Waals surface area contributed by atoms with Crippen LogP contribution in [-0.4, -0.2) is 29.4 Å². The lowest BCUT2D eigenvalue weighted by atomic mass is 10.2. The van der Waals surface area contributed by atoms with Gasteiger partial charge in [-0.15, -0.1) is 0 Å². The van der Waals surface area contributed by atoms with Crippen LogP contribution in [0.4, 0.5) is 0 Å². The minimum absolute atomic E-state index is 0.126. The lowest BCUT2D eigenvalue weighted by Crippen LogP contribution is -2.20. The SMILES string of the molecule is CCOCCn1c(=NC(=O)CCCSCc2ccccc2)sc2c(Cl)ccc(Cl)c21. The standard InChI is InChI=1S/C22H24Cl2N2O2S2/c1-2-28-13-12-26-20-17(23)10-11-18(24)21(20)30-22(26)25-19(27)9-6-14-29-15-16-7-4-3-5-8-16/h3-5,7-8,10-11H,2,6,9,12-15H2,1H3. The van der Waals surface area contributed by atoms with Gasteiger partial charge in [-0.2, -0.15) is 16.8 Å². The second-order valence-electron chi connectivity index (χ2n) is 6.59. The third kappa shape index (κ3) is 6.34. The van der Waals surface area contributed by atoms with Crippen molar-refractivity contribution in [3.8, 4) is 0 Å². The number of benzene rings is 2. The Morgan fingerprint density at radius 2 is 1.93 bits per heavy atom. The van der Waals surface area contributed by atoms with Crippen LogP contribution in [-0.2, 0) is 21.8 Å². The van der Waals surface area contributed by atoms with Gasteiger partial charge in [0, 0.05) is 25.3 Å². The molecule has 0 fully saturated rings. The number of amides is 1. The van der Waals surface area contributed by atoms with Gasteiger partial charge in [0.1, 0.15) is 0 Å². The van der Waals surface area contributed by atoms with E-state index in [1.807, 2.05) is 41.5 Å². The van der Waals surface area contributed by atoms with Gasteiger partial charge in [-0.25, -0.2) is 0 Å². The molecule has 1 heterocycles. The Morgan fingerprint density at radius 3 is 2.70 bits per heavy atom. The van der Waals surface area contributed by atoms with Gasteiger partial charge in [0.25, 0.3) is 0 Å². The van der Waals surface area contributed by atoms with Crippen LogP contribution in [0.3, 0.4) is 0 Å². The van der Waals surface area contributed by atoms with Crippen molar-refractivity contribution in [1.82, 2.24) is 4.57 Å². The van der Waals surface area contributed by atoms with Crippen LogP contribution in [0.2, 0.25) is 10.0 Å². The number of carbonyl (C=O) groups is 1. The molecule has 0 atom stereocenters. The summed E-state index contributed by atoms with van der Waals surface area (Å²) in [7, 11) is 0. The predicted octanol–water partition coefficient (Wildman–Crippen LogP) is 6.19. The first-order valence-corrected chi connectivity index (χ1v) is 12.6. The first kappa shape index (κ1) is 23.4. The highest BCUT2D eigenvalue weighted by Crippen LogP contribution is 2.31. The van der Waals surface area contributed by atoms with Crippen LogP contribution in [0, 0.1) is 0 Å². The third-order valence-corrected chi connectivity index (χ3v) is 7.36. The van der Waals surface area contributed by atoms with Crippen LogP contribution in [0.15, 0.2) is 47.5 Å². The molecule has 8 heteroatoms. The van der Waals surface area contributed by atoms with E-state index in [0.717, 1.165) is 28.1 Å². The van der Waals surface area contributed by atoms with Crippen molar-refractivity contribution in [2.24, 2.45) is 4.99 Å². The molecule has 3 aromatic rings. The topological polar surface area (TPSA) is 43.6 Å². The summed E-state index contributed by atoms with van der Waals surface area (Å²) in [6, 6.07) is 13.9. The van der Waals surface area contributed by atoms with E-state index in [9.17, 15) is 4.79 Å². The highest BCUT2D eigenvalue weighted by molar-refractivity contribution is 7.98. The number of thioether (sulfide) groups is 1. The molecule has 0 N–H and O–H groups in total. The predicted molar refractivity (Wildman–Crippen MR) is 129 cm³/mol. The maximum atomic E-state index is 12.5. The van der Waals surface area contributed by atoms with Gasteiger partial charge in [-0.1, -0.05) is 64.9 Å². The van der Waals surface area contributed by atoms with Gasteiger partial charge in [-0.05, 0) is 36.8 Å². The highest BCUT2D eigenvalue weighted by Gasteiger charge is 2.14. The summed E-state index contributed by atoms with van der Waals surface area (Å²) in [5.74, 6) is 1.75. The first-order valence-electron chi connectivity index (χ1n) is 9.84. The smallest absolute Gasteiger partial charge is 0.248 e. The van der Waals surface area contributed by atoms with Gasteiger partial charge >= 0.3 is 0 Å². The van der Waals surface area contributed by atoms with E-state index >= 15 is 0 Å². The number of aromatic nitrogens is 1. The molecular formula is C22H24Cl2N2O2S2. The summed E-state index contributed by atoms with van der Waals surface area (Å²) < 4.78 is 8.27. The largest absolute Gasteiger partial charge is 0.380 e. The number of thiazole rings is 1. The number of hydrogen-bond donors (Lipinski definition) is 0. The second kappa shape index (κ2) is 11.9. The molecule has 0 saturated carbocycles. The Balaban J connectivity index is 1.67. The molecule has 0 bridgehead atoms. The monoisotopic (exact) mass is 482 g/mol. The van der Waals surface area contributed by atoms with Gasteiger partial charge in [0.2, 0.25) is 5.91 Å². The number of fused-ring (bicyclic) bond motifs is 1. The number of rotatable bonds is 10. The fourth-order valence-corrected chi connectivity index (χ4v) is 5.57. The first-order chi connectivity index (χ1) is 14.6. The zero-order chi connectivity index (χ0) is 21.3. The molecule has 0 saturated heterocycles. The maximum Gasteiger partial charge on any atom is 0.248 e. The number of halogens is 2. The van der Waals surface area contributed by atoms with E-state index in [0.29, 0.717) is 41.0 Å². The molecule has 0 spiro atoms. The molecule has 0 unspecified atom stereocenters. The maximum absolute atomic E-state index is 12.5. The summed E-state index contributed by atoms with van der Waals surface area (Å²) in [6.45, 7) is 3.66. The third-order valence-electron chi connectivity index (χ3n) is 4.40. The van der Waals surface area contributed by atoms with Crippen molar-refractivity contribution in [3.05, 3.63) is 62.9 Å². The molecule has 1 amide bonds. The van der Waals surface area contributed by atoms with E-state index in [1.165, 1.54) is 16.9 Å². The van der Waals surface area contributed by atoms with Gasteiger partial charge in [0.15, 0.2) is 4.80 Å². The molecule has 160 valence electrons. The number of ether oxygens (including phenoxy) is 1. The van der Waals surface area contributed by atoms with Crippen molar-refractivity contribution in [2.45, 2.75) is 32.1 Å². The molecule has 0 aliphatic carbocycles. The Morgan fingerprint density at radius 1 is 1.17 bits per heavy atom. The van der Waals surface area contributed by atoms with E-state index < -0.39 is 0 Å². The van der Waals surface area contributed by atoms with Gasteiger partial charge in [-0.3, -0.25) is 4.79 Å². The minimum atomic E-state index is -0.126. The molecule has 4 nitrogen and oxygen atoms in total. The van der Waals surface area contributed by atoms with Crippen molar-refractivity contribution < 1.29 is 9.53 Å². The van der Waals surface area contributed by atoms with Crippen LogP contribution < -0.4 is 4.80 Å². The minimum Gasteiger partial charge on any atom is -0.380 e. The average molecular weight is 483 g/mol. The van der Waals surface area contributed by atoms with E-state index in [1.54, 1.807) is 12.1 Å². The lowest BCUT2D eigenvalue weighted by molar-refractivity contribution is -0.118. The van der Waals surface area contributed by atoms with Crippen LogP contribution in [0.5, 0.6) is 0 Å². The van der Waals surface area contributed by atoms with Crippen LogP contribution >= 0.6 is 46.3 Å². The summed E-state index contributed by atoms with van der Waals surface area (Å²) in [4.78, 5) is 17.5. The van der Waals surface area contributed by atoms with E-state index in [2.05, 4.69) is 17.1 Å². The molecule has 0 aliphatic heterocycles. The Labute approximate surface area is 194 Å². The second-order valence-corrected chi connectivity index (χ2v) is 9.48. The quantitative estimate of drug-likeness (QED) is 0.323. The molecule has 0 aliphatic rings. The molecule has 2 aromatic carbocycles. The Bertz CT molecular complexity index is 1050. The van der Waals surface area contributed by atoms with Crippen molar-refractivity contribution >= 4 is 62.4 Å². The molecule has 1 aromatic heterocycles. The van der Waals surface area contributed by atoms with Gasteiger partial charge in [0.05, 0.1) is 26.9 Å². The normalized spacial score (nSPS) is 12.0. The van der Waals surface area contributed by atoms with Crippen molar-refractivity contribution in [3.63, 3.8) is 0 Å². The number of carbonyl (C=O) groups excluding carboxylic acids is 1. The molecule has 0 radical (unpaired) electrons. The lowest BCUT2D eigenvalue weighted by Gasteiger charge is -2.07. The number of hydrogen-bond acceptors (Lipinski definition) is 4. The van der Waals surface area contributed by atoms with Gasteiger partial charge < -0.3 is 9.30 Å². The molecule has 3 rings (SSSR count). The zero-order valence-corrected chi connectivity index (χ0v) is 19.9. The average Bonchev–Trinajstić information content (AvgIpc) is 3.11. The summed E-state index contributed by atoms with van der Waals surface area (Å²) >= 11 is 16.0.